The van der Waals surface area contributed by atoms with Gasteiger partial charge < -0.3 is 10.5 Å². The number of benzene rings is 1. The normalized spacial score (nSPS) is 26.1. The van der Waals surface area contributed by atoms with E-state index in [1.54, 1.807) is 7.11 Å². The Bertz CT molecular complexity index is 464. The van der Waals surface area contributed by atoms with Gasteiger partial charge in [0.25, 0.3) is 0 Å². The highest BCUT2D eigenvalue weighted by Gasteiger charge is 2.35. The first-order chi connectivity index (χ1) is 9.99. The highest BCUT2D eigenvalue weighted by molar-refractivity contribution is 9.10. The van der Waals surface area contributed by atoms with E-state index < -0.39 is 0 Å². The van der Waals surface area contributed by atoms with E-state index in [0.29, 0.717) is 5.41 Å². The predicted octanol–water partition coefficient (Wildman–Crippen LogP) is 4.79. The summed E-state index contributed by atoms with van der Waals surface area (Å²) in [6.45, 7) is 5.49. The van der Waals surface area contributed by atoms with E-state index in [4.69, 9.17) is 10.5 Å². The molecule has 0 atom stereocenters. The molecule has 2 N–H and O–H groups in total. The number of rotatable bonds is 5. The fraction of sp³-hybridized carbons (Fsp3) is 0.667. The van der Waals surface area contributed by atoms with Gasteiger partial charge in [-0.05, 0) is 89.5 Å². The summed E-state index contributed by atoms with van der Waals surface area (Å²) in [7, 11) is 1.70. The summed E-state index contributed by atoms with van der Waals surface area (Å²) < 4.78 is 6.34. The van der Waals surface area contributed by atoms with Gasteiger partial charge in [-0.15, -0.1) is 0 Å². The van der Waals surface area contributed by atoms with Crippen LogP contribution in [0, 0.1) is 17.3 Å². The van der Waals surface area contributed by atoms with Crippen molar-refractivity contribution in [1.82, 2.24) is 0 Å². The topological polar surface area (TPSA) is 35.2 Å². The Hall–Kier alpha value is -0.540. The van der Waals surface area contributed by atoms with Gasteiger partial charge in [-0.1, -0.05) is 19.9 Å². The zero-order chi connectivity index (χ0) is 15.5. The Labute approximate surface area is 137 Å². The Morgan fingerprint density at radius 1 is 1.33 bits per heavy atom. The molecular weight excluding hydrogens is 326 g/mol. The van der Waals surface area contributed by atoms with Gasteiger partial charge in [0, 0.05) is 0 Å². The molecule has 1 aromatic carbocycles. The van der Waals surface area contributed by atoms with Crippen LogP contribution in [0.15, 0.2) is 22.7 Å². The molecule has 1 aliphatic carbocycles. The molecule has 0 spiro atoms. The predicted molar refractivity (Wildman–Crippen MR) is 92.7 cm³/mol. The van der Waals surface area contributed by atoms with Gasteiger partial charge >= 0.3 is 0 Å². The standard InChI is InChI=1S/C18H28BrNO/c1-13(2)15-6-8-18(12-20,9-7-15)11-14-4-5-17(21-3)16(19)10-14/h4-5,10,13,15H,6-9,11-12,20H2,1-3H3. The summed E-state index contributed by atoms with van der Waals surface area (Å²) in [5, 5.41) is 0. The Morgan fingerprint density at radius 3 is 2.48 bits per heavy atom. The number of nitrogens with two attached hydrogens (primary N) is 1. The van der Waals surface area contributed by atoms with Crippen LogP contribution in [0.3, 0.4) is 0 Å². The first-order valence-electron chi connectivity index (χ1n) is 8.02. The SMILES string of the molecule is COc1ccc(CC2(CN)CCC(C(C)C)CC2)cc1Br. The molecule has 0 aliphatic heterocycles. The van der Waals surface area contributed by atoms with E-state index >= 15 is 0 Å². The van der Waals surface area contributed by atoms with Crippen LogP contribution in [0.2, 0.25) is 0 Å². The molecule has 2 rings (SSSR count). The molecule has 0 aromatic heterocycles. The lowest BCUT2D eigenvalue weighted by molar-refractivity contribution is 0.132. The average Bonchev–Trinajstić information content (AvgIpc) is 2.48. The molecule has 0 amide bonds. The van der Waals surface area contributed by atoms with Gasteiger partial charge in [-0.2, -0.15) is 0 Å². The highest BCUT2D eigenvalue weighted by Crippen LogP contribution is 2.43. The van der Waals surface area contributed by atoms with Crippen LogP contribution in [0.5, 0.6) is 5.75 Å². The van der Waals surface area contributed by atoms with Crippen LogP contribution in [0.25, 0.3) is 0 Å². The van der Waals surface area contributed by atoms with Crippen LogP contribution >= 0.6 is 15.9 Å². The molecule has 2 nitrogen and oxygen atoms in total. The van der Waals surface area contributed by atoms with Crippen LogP contribution in [-0.4, -0.2) is 13.7 Å². The number of hydrogen-bond donors (Lipinski definition) is 1. The van der Waals surface area contributed by atoms with E-state index in [9.17, 15) is 0 Å². The number of hydrogen-bond acceptors (Lipinski definition) is 2. The van der Waals surface area contributed by atoms with E-state index in [1.807, 2.05) is 6.07 Å². The molecule has 1 aliphatic rings. The van der Waals surface area contributed by atoms with Crippen molar-refractivity contribution < 1.29 is 4.74 Å². The minimum atomic E-state index is 0.291. The first-order valence-corrected chi connectivity index (χ1v) is 8.81. The van der Waals surface area contributed by atoms with Crippen molar-refractivity contribution in [1.29, 1.82) is 0 Å². The summed E-state index contributed by atoms with van der Waals surface area (Å²) in [5.41, 5.74) is 7.81. The van der Waals surface area contributed by atoms with Gasteiger partial charge in [0.05, 0.1) is 11.6 Å². The second kappa shape index (κ2) is 7.15. The Balaban J connectivity index is 2.07. The van der Waals surface area contributed by atoms with Gasteiger partial charge in [-0.25, -0.2) is 0 Å². The lowest BCUT2D eigenvalue weighted by Gasteiger charge is -2.41. The molecule has 118 valence electrons. The van der Waals surface area contributed by atoms with E-state index in [1.165, 1.54) is 31.2 Å². The van der Waals surface area contributed by atoms with Crippen molar-refractivity contribution in [2.24, 2.45) is 23.0 Å². The third-order valence-electron chi connectivity index (χ3n) is 5.26. The molecule has 0 radical (unpaired) electrons. The second-order valence-corrected chi connectivity index (χ2v) is 7.79. The maximum absolute atomic E-state index is 6.17. The largest absolute Gasteiger partial charge is 0.496 e. The zero-order valence-corrected chi connectivity index (χ0v) is 15.1. The molecule has 21 heavy (non-hydrogen) atoms. The van der Waals surface area contributed by atoms with E-state index in [-0.39, 0.29) is 0 Å². The monoisotopic (exact) mass is 353 g/mol. The Kier molecular flexibility index (Phi) is 5.73. The van der Waals surface area contributed by atoms with Crippen LogP contribution in [0.1, 0.15) is 45.1 Å². The maximum atomic E-state index is 6.17. The molecular formula is C18H28BrNO. The second-order valence-electron chi connectivity index (χ2n) is 6.93. The van der Waals surface area contributed by atoms with Gasteiger partial charge in [0.1, 0.15) is 5.75 Å². The fourth-order valence-corrected chi connectivity index (χ4v) is 4.21. The molecule has 1 saturated carbocycles. The lowest BCUT2D eigenvalue weighted by Crippen LogP contribution is -2.37. The van der Waals surface area contributed by atoms with Crippen molar-refractivity contribution in [3.05, 3.63) is 28.2 Å². The molecule has 0 saturated heterocycles. The van der Waals surface area contributed by atoms with Crippen molar-refractivity contribution in [3.8, 4) is 5.75 Å². The lowest BCUT2D eigenvalue weighted by atomic mass is 9.65. The van der Waals surface area contributed by atoms with Crippen molar-refractivity contribution in [2.45, 2.75) is 46.0 Å². The quantitative estimate of drug-likeness (QED) is 0.825. The number of methoxy groups -OCH3 is 1. The molecule has 0 heterocycles. The minimum absolute atomic E-state index is 0.291. The fourth-order valence-electron chi connectivity index (χ4n) is 3.63. The summed E-state index contributed by atoms with van der Waals surface area (Å²) in [5.74, 6) is 2.58. The molecule has 1 fully saturated rings. The minimum Gasteiger partial charge on any atom is -0.496 e. The summed E-state index contributed by atoms with van der Waals surface area (Å²) in [6.07, 6.45) is 6.25. The summed E-state index contributed by atoms with van der Waals surface area (Å²) in [4.78, 5) is 0. The smallest absolute Gasteiger partial charge is 0.133 e. The van der Waals surface area contributed by atoms with Crippen molar-refractivity contribution in [2.75, 3.05) is 13.7 Å². The summed E-state index contributed by atoms with van der Waals surface area (Å²) >= 11 is 3.58. The highest BCUT2D eigenvalue weighted by atomic mass is 79.9. The number of halogens is 1. The van der Waals surface area contributed by atoms with Crippen LogP contribution in [0.4, 0.5) is 0 Å². The Morgan fingerprint density at radius 2 is 2.00 bits per heavy atom. The molecule has 0 bridgehead atoms. The van der Waals surface area contributed by atoms with Crippen molar-refractivity contribution >= 4 is 15.9 Å². The van der Waals surface area contributed by atoms with E-state index in [0.717, 1.165) is 35.0 Å². The van der Waals surface area contributed by atoms with Gasteiger partial charge in [-0.3, -0.25) is 0 Å². The number of ether oxygens (including phenoxy) is 1. The third-order valence-corrected chi connectivity index (χ3v) is 5.88. The first kappa shape index (κ1) is 16.8. The summed E-state index contributed by atoms with van der Waals surface area (Å²) in [6, 6.07) is 6.41. The average molecular weight is 354 g/mol. The van der Waals surface area contributed by atoms with Gasteiger partial charge in [0.15, 0.2) is 0 Å². The van der Waals surface area contributed by atoms with Crippen LogP contribution < -0.4 is 10.5 Å². The molecule has 1 aromatic rings. The van der Waals surface area contributed by atoms with Crippen molar-refractivity contribution in [3.63, 3.8) is 0 Å². The maximum Gasteiger partial charge on any atom is 0.133 e. The molecule has 3 heteroatoms. The third kappa shape index (κ3) is 4.01. The molecule has 0 unspecified atom stereocenters. The zero-order valence-electron chi connectivity index (χ0n) is 13.5. The van der Waals surface area contributed by atoms with E-state index in [2.05, 4.69) is 41.9 Å². The van der Waals surface area contributed by atoms with Crippen LogP contribution in [-0.2, 0) is 6.42 Å². The van der Waals surface area contributed by atoms with Gasteiger partial charge in [0.2, 0.25) is 0 Å².